The van der Waals surface area contributed by atoms with E-state index < -0.39 is 0 Å². The molecule has 1 aromatic rings. The van der Waals surface area contributed by atoms with Crippen molar-refractivity contribution in [2.45, 2.75) is 13.8 Å². The molecule has 0 unspecified atom stereocenters. The maximum Gasteiger partial charge on any atom is 0.143 e. The van der Waals surface area contributed by atoms with E-state index in [9.17, 15) is 0 Å². The zero-order chi connectivity index (χ0) is 6.15. The molecule has 0 fully saturated rings. The van der Waals surface area contributed by atoms with E-state index in [4.69, 9.17) is 7.85 Å². The number of rotatable bonds is 0. The minimum Gasteiger partial charge on any atom is -0.209 e. The van der Waals surface area contributed by atoms with Crippen molar-refractivity contribution >= 4 is 25.0 Å². The molecule has 0 amide bonds. The Morgan fingerprint density at radius 1 is 1.50 bits per heavy atom. The third-order valence-corrected chi connectivity index (χ3v) is 2.06. The van der Waals surface area contributed by atoms with Gasteiger partial charge in [0.25, 0.3) is 0 Å². The van der Waals surface area contributed by atoms with Gasteiger partial charge >= 0.3 is 0 Å². The fraction of sp³-hybridized carbons (Fsp3) is 0.400. The Balaban J connectivity index is 3.19. The van der Waals surface area contributed by atoms with Gasteiger partial charge in [-0.25, -0.2) is 4.37 Å². The number of aryl methyl sites for hydroxylation is 1. The van der Waals surface area contributed by atoms with Crippen LogP contribution in [0.15, 0.2) is 0 Å². The predicted molar refractivity (Wildman–Crippen MR) is 37.0 cm³/mol. The highest BCUT2D eigenvalue weighted by atomic mass is 32.1. The molecule has 1 heterocycles. The summed E-state index contributed by atoms with van der Waals surface area (Å²) in [6.07, 6.45) is 0. The lowest BCUT2D eigenvalue weighted by Crippen LogP contribution is -2.05. The van der Waals surface area contributed by atoms with Crippen molar-refractivity contribution in [1.29, 1.82) is 0 Å². The first-order valence-corrected chi connectivity index (χ1v) is 3.17. The Morgan fingerprint density at radius 2 is 2.12 bits per heavy atom. The first-order chi connectivity index (χ1) is 3.72. The molecule has 0 atom stereocenters. The maximum atomic E-state index is 5.44. The molecule has 40 valence electrons. The van der Waals surface area contributed by atoms with Crippen LogP contribution in [0, 0.1) is 13.8 Å². The van der Waals surface area contributed by atoms with E-state index in [1.54, 1.807) is 0 Å². The first-order valence-electron chi connectivity index (χ1n) is 2.40. The maximum absolute atomic E-state index is 5.44. The Labute approximate surface area is 54.3 Å². The van der Waals surface area contributed by atoms with Crippen LogP contribution in [-0.4, -0.2) is 12.2 Å². The molecule has 1 aromatic heterocycles. The predicted octanol–water partition coefficient (Wildman–Crippen LogP) is 0.554. The zero-order valence-electron chi connectivity index (χ0n) is 4.93. The quantitative estimate of drug-likeness (QED) is 0.459. The van der Waals surface area contributed by atoms with E-state index in [1.165, 1.54) is 16.4 Å². The van der Waals surface area contributed by atoms with Crippen molar-refractivity contribution in [2.24, 2.45) is 0 Å². The Kier molecular flexibility index (Phi) is 1.38. The lowest BCUT2D eigenvalue weighted by molar-refractivity contribution is 1.45. The van der Waals surface area contributed by atoms with E-state index in [0.29, 0.717) is 5.59 Å². The molecule has 0 saturated heterocycles. The molecule has 2 radical (unpaired) electrons. The molecule has 0 N–H and O–H groups in total. The van der Waals surface area contributed by atoms with Crippen molar-refractivity contribution in [3.63, 3.8) is 0 Å². The second-order valence-corrected chi connectivity index (χ2v) is 2.73. The second kappa shape index (κ2) is 1.90. The third kappa shape index (κ3) is 0.779. The highest BCUT2D eigenvalue weighted by Crippen LogP contribution is 2.05. The van der Waals surface area contributed by atoms with Gasteiger partial charge in [0.2, 0.25) is 0 Å². The van der Waals surface area contributed by atoms with Crippen LogP contribution in [0.5, 0.6) is 0 Å². The fourth-order valence-corrected chi connectivity index (χ4v) is 1.05. The van der Waals surface area contributed by atoms with Gasteiger partial charge < -0.3 is 0 Å². The highest BCUT2D eigenvalue weighted by Gasteiger charge is 1.97. The molecule has 0 bridgehead atoms. The summed E-state index contributed by atoms with van der Waals surface area (Å²) in [6, 6.07) is 0. The Morgan fingerprint density at radius 3 is 2.25 bits per heavy atom. The minimum absolute atomic E-state index is 0.674. The standard InChI is InChI=1S/C5H6BNS/c1-3-4(2)8-7-5(3)6/h1-2H3. The Hall–Kier alpha value is -0.305. The monoisotopic (exact) mass is 123 g/mol. The van der Waals surface area contributed by atoms with Gasteiger partial charge in [0.05, 0.1) is 0 Å². The number of aromatic nitrogens is 1. The Bertz CT molecular complexity index is 175. The second-order valence-electron chi connectivity index (χ2n) is 1.75. The summed E-state index contributed by atoms with van der Waals surface area (Å²) in [7, 11) is 5.44. The molecule has 1 nitrogen and oxygen atoms in total. The summed E-state index contributed by atoms with van der Waals surface area (Å²) in [5.74, 6) is 0. The molecule has 0 aliphatic heterocycles. The van der Waals surface area contributed by atoms with Crippen LogP contribution in [-0.2, 0) is 0 Å². The molecular weight excluding hydrogens is 117 g/mol. The third-order valence-electron chi connectivity index (χ3n) is 1.19. The van der Waals surface area contributed by atoms with Crippen molar-refractivity contribution in [3.8, 4) is 0 Å². The molecule has 0 saturated carbocycles. The molecule has 8 heavy (non-hydrogen) atoms. The molecule has 1 rings (SSSR count). The van der Waals surface area contributed by atoms with Crippen molar-refractivity contribution in [3.05, 3.63) is 10.4 Å². The smallest absolute Gasteiger partial charge is 0.143 e. The van der Waals surface area contributed by atoms with E-state index in [2.05, 4.69) is 4.37 Å². The van der Waals surface area contributed by atoms with E-state index in [-0.39, 0.29) is 0 Å². The molecular formula is C5H6BNS. The minimum atomic E-state index is 0.674. The zero-order valence-corrected chi connectivity index (χ0v) is 5.75. The fourth-order valence-electron chi connectivity index (χ4n) is 0.435. The van der Waals surface area contributed by atoms with Crippen LogP contribution in [0.2, 0.25) is 0 Å². The van der Waals surface area contributed by atoms with E-state index in [0.717, 1.165) is 5.56 Å². The van der Waals surface area contributed by atoms with Gasteiger partial charge in [-0.05, 0) is 30.9 Å². The lowest BCUT2D eigenvalue weighted by atomic mass is 10.00. The van der Waals surface area contributed by atoms with Crippen molar-refractivity contribution in [1.82, 2.24) is 4.37 Å². The summed E-state index contributed by atoms with van der Waals surface area (Å²) in [5.41, 5.74) is 1.79. The summed E-state index contributed by atoms with van der Waals surface area (Å²) in [4.78, 5) is 1.21. The van der Waals surface area contributed by atoms with Gasteiger partial charge in [0.15, 0.2) is 0 Å². The normalized spacial score (nSPS) is 9.75. The van der Waals surface area contributed by atoms with Crippen molar-refractivity contribution in [2.75, 3.05) is 0 Å². The lowest BCUT2D eigenvalue weighted by Gasteiger charge is -1.84. The number of hydrogen-bond acceptors (Lipinski definition) is 2. The van der Waals surface area contributed by atoms with Crippen LogP contribution < -0.4 is 5.59 Å². The summed E-state index contributed by atoms with van der Waals surface area (Å²) < 4.78 is 3.94. The average molecular weight is 123 g/mol. The number of nitrogens with zero attached hydrogens (tertiary/aromatic N) is 1. The average Bonchev–Trinajstić information content (AvgIpc) is 1.98. The van der Waals surface area contributed by atoms with Gasteiger partial charge in [-0.3, -0.25) is 0 Å². The summed E-state index contributed by atoms with van der Waals surface area (Å²) in [5, 5.41) is 0. The van der Waals surface area contributed by atoms with Crippen LogP contribution in [0.1, 0.15) is 10.4 Å². The van der Waals surface area contributed by atoms with Gasteiger partial charge in [0, 0.05) is 10.5 Å². The van der Waals surface area contributed by atoms with E-state index in [1.807, 2.05) is 13.8 Å². The molecule has 0 spiro atoms. The van der Waals surface area contributed by atoms with Gasteiger partial charge in [-0.15, -0.1) is 0 Å². The largest absolute Gasteiger partial charge is 0.209 e. The van der Waals surface area contributed by atoms with Crippen LogP contribution in [0.3, 0.4) is 0 Å². The highest BCUT2D eigenvalue weighted by molar-refractivity contribution is 7.06. The molecule has 0 aliphatic carbocycles. The van der Waals surface area contributed by atoms with Gasteiger partial charge in [-0.2, -0.15) is 0 Å². The van der Waals surface area contributed by atoms with Crippen LogP contribution >= 0.6 is 11.5 Å². The van der Waals surface area contributed by atoms with Crippen LogP contribution in [0.4, 0.5) is 0 Å². The van der Waals surface area contributed by atoms with Crippen molar-refractivity contribution < 1.29 is 0 Å². The number of hydrogen-bond donors (Lipinski definition) is 0. The molecule has 3 heteroatoms. The molecule has 0 aliphatic rings. The SMILES string of the molecule is [B]c1nsc(C)c1C. The summed E-state index contributed by atoms with van der Waals surface area (Å²) >= 11 is 1.46. The van der Waals surface area contributed by atoms with Crippen LogP contribution in [0.25, 0.3) is 0 Å². The van der Waals surface area contributed by atoms with E-state index >= 15 is 0 Å². The topological polar surface area (TPSA) is 12.9 Å². The summed E-state index contributed by atoms with van der Waals surface area (Å²) in [6.45, 7) is 4.00. The van der Waals surface area contributed by atoms with Gasteiger partial charge in [-0.1, -0.05) is 0 Å². The molecule has 0 aromatic carbocycles. The first kappa shape index (κ1) is 5.82. The van der Waals surface area contributed by atoms with Gasteiger partial charge in [0.1, 0.15) is 7.85 Å².